The van der Waals surface area contributed by atoms with Gasteiger partial charge in [0, 0.05) is 11.1 Å². The monoisotopic (exact) mass is 295 g/mol. The van der Waals surface area contributed by atoms with Crippen LogP contribution in [0.5, 0.6) is 0 Å². The number of aryl methyl sites for hydroxylation is 2. The molecule has 0 spiro atoms. The molecule has 1 aliphatic heterocycles. The first-order valence-corrected chi connectivity index (χ1v) is 6.89. The Labute approximate surface area is 127 Å². The average Bonchev–Trinajstić information content (AvgIpc) is 2.82. The van der Waals surface area contributed by atoms with Gasteiger partial charge < -0.3 is 4.74 Å². The van der Waals surface area contributed by atoms with Crippen molar-refractivity contribution in [2.75, 3.05) is 0 Å². The molecule has 0 fully saturated rings. The second kappa shape index (κ2) is 5.56. The molecule has 0 N–H and O–H groups in total. The second-order valence-corrected chi connectivity index (χ2v) is 5.23. The molecule has 3 rings (SSSR count). The van der Waals surface area contributed by atoms with Gasteiger partial charge in [0.2, 0.25) is 5.90 Å². The summed E-state index contributed by atoms with van der Waals surface area (Å²) < 4.78 is 18.9. The molecule has 0 aromatic heterocycles. The normalized spacial score (nSPS) is 15.9. The fourth-order valence-corrected chi connectivity index (χ4v) is 2.37. The van der Waals surface area contributed by atoms with Crippen LogP contribution in [0.2, 0.25) is 0 Å². The average molecular weight is 295 g/mol. The van der Waals surface area contributed by atoms with Crippen molar-refractivity contribution in [2.24, 2.45) is 4.99 Å². The van der Waals surface area contributed by atoms with Gasteiger partial charge in [-0.1, -0.05) is 35.4 Å². The van der Waals surface area contributed by atoms with Gasteiger partial charge in [-0.05, 0) is 38.1 Å². The van der Waals surface area contributed by atoms with Crippen LogP contribution in [0, 0.1) is 19.7 Å². The van der Waals surface area contributed by atoms with E-state index in [-0.39, 0.29) is 11.6 Å². The number of halogens is 1. The first-order valence-electron chi connectivity index (χ1n) is 6.89. The van der Waals surface area contributed by atoms with Crippen LogP contribution in [0.3, 0.4) is 0 Å². The highest BCUT2D eigenvalue weighted by atomic mass is 19.1. The zero-order valence-corrected chi connectivity index (χ0v) is 12.3. The third kappa shape index (κ3) is 2.81. The summed E-state index contributed by atoms with van der Waals surface area (Å²) in [5.41, 5.74) is 3.25. The van der Waals surface area contributed by atoms with Crippen molar-refractivity contribution in [2.45, 2.75) is 13.8 Å². The summed E-state index contributed by atoms with van der Waals surface area (Å²) >= 11 is 0. The molecule has 0 atom stereocenters. The van der Waals surface area contributed by atoms with Crippen LogP contribution in [0.15, 0.2) is 53.2 Å². The molecule has 0 unspecified atom stereocenters. The van der Waals surface area contributed by atoms with E-state index in [0.29, 0.717) is 5.56 Å². The SMILES string of the molecule is Cc1cc(C)cc(C2=N/C(=C\c3ccccc3F)C(=O)O2)c1. The minimum absolute atomic E-state index is 0.0965. The van der Waals surface area contributed by atoms with Crippen molar-refractivity contribution >= 4 is 17.9 Å². The lowest BCUT2D eigenvalue weighted by Crippen LogP contribution is -2.06. The van der Waals surface area contributed by atoms with Crippen molar-refractivity contribution in [3.63, 3.8) is 0 Å². The zero-order valence-electron chi connectivity index (χ0n) is 12.3. The van der Waals surface area contributed by atoms with E-state index in [1.807, 2.05) is 32.0 Å². The molecule has 2 aromatic rings. The van der Waals surface area contributed by atoms with Crippen LogP contribution in [0.1, 0.15) is 22.3 Å². The van der Waals surface area contributed by atoms with Crippen LogP contribution >= 0.6 is 0 Å². The van der Waals surface area contributed by atoms with Gasteiger partial charge >= 0.3 is 5.97 Å². The van der Waals surface area contributed by atoms with Crippen LogP contribution in [0.25, 0.3) is 6.08 Å². The van der Waals surface area contributed by atoms with Gasteiger partial charge in [-0.2, -0.15) is 0 Å². The summed E-state index contributed by atoms with van der Waals surface area (Å²) in [7, 11) is 0. The number of ether oxygens (including phenoxy) is 1. The lowest BCUT2D eigenvalue weighted by molar-refractivity contribution is -0.129. The van der Waals surface area contributed by atoms with Crippen LogP contribution in [-0.4, -0.2) is 11.9 Å². The molecule has 0 saturated heterocycles. The standard InChI is InChI=1S/C18H14FNO2/c1-11-7-12(2)9-14(8-11)17-20-16(18(21)22-17)10-13-5-3-4-6-15(13)19/h3-10H,1-2H3/b16-10-. The summed E-state index contributed by atoms with van der Waals surface area (Å²) in [5.74, 6) is -0.727. The van der Waals surface area contributed by atoms with Crippen LogP contribution in [-0.2, 0) is 9.53 Å². The van der Waals surface area contributed by atoms with E-state index < -0.39 is 11.8 Å². The van der Waals surface area contributed by atoms with Crippen molar-refractivity contribution in [1.82, 2.24) is 0 Å². The molecule has 1 aliphatic rings. The maximum atomic E-state index is 13.7. The number of benzene rings is 2. The van der Waals surface area contributed by atoms with E-state index in [2.05, 4.69) is 4.99 Å². The Morgan fingerprint density at radius 3 is 2.45 bits per heavy atom. The third-order valence-electron chi connectivity index (χ3n) is 3.29. The van der Waals surface area contributed by atoms with Gasteiger partial charge in [-0.3, -0.25) is 0 Å². The number of hydrogen-bond donors (Lipinski definition) is 0. The van der Waals surface area contributed by atoms with Crippen LogP contribution in [0.4, 0.5) is 4.39 Å². The molecule has 3 nitrogen and oxygen atoms in total. The number of rotatable bonds is 2. The number of nitrogens with zero attached hydrogens (tertiary/aromatic N) is 1. The van der Waals surface area contributed by atoms with E-state index in [1.54, 1.807) is 18.2 Å². The molecular weight excluding hydrogens is 281 g/mol. The fraction of sp³-hybridized carbons (Fsp3) is 0.111. The summed E-state index contributed by atoms with van der Waals surface area (Å²) in [5, 5.41) is 0. The van der Waals surface area contributed by atoms with E-state index in [1.165, 1.54) is 12.1 Å². The van der Waals surface area contributed by atoms with Gasteiger partial charge in [0.05, 0.1) is 0 Å². The summed E-state index contributed by atoms with van der Waals surface area (Å²) in [6.07, 6.45) is 1.40. The topological polar surface area (TPSA) is 38.7 Å². The highest BCUT2D eigenvalue weighted by Gasteiger charge is 2.24. The van der Waals surface area contributed by atoms with Gasteiger partial charge in [-0.25, -0.2) is 14.2 Å². The van der Waals surface area contributed by atoms with Crippen molar-refractivity contribution in [3.8, 4) is 0 Å². The maximum absolute atomic E-state index is 13.7. The predicted molar refractivity (Wildman–Crippen MR) is 82.9 cm³/mol. The van der Waals surface area contributed by atoms with Gasteiger partial charge in [0.1, 0.15) is 5.82 Å². The fourth-order valence-electron chi connectivity index (χ4n) is 2.37. The van der Waals surface area contributed by atoms with E-state index in [9.17, 15) is 9.18 Å². The Morgan fingerprint density at radius 1 is 1.09 bits per heavy atom. The van der Waals surface area contributed by atoms with Crippen molar-refractivity contribution in [3.05, 3.63) is 76.2 Å². The number of carbonyl (C=O) groups excluding carboxylic acids is 1. The molecule has 4 heteroatoms. The molecule has 110 valence electrons. The second-order valence-electron chi connectivity index (χ2n) is 5.23. The first kappa shape index (κ1) is 14.2. The Balaban J connectivity index is 2.00. The maximum Gasteiger partial charge on any atom is 0.363 e. The number of carbonyl (C=O) groups is 1. The number of esters is 1. The van der Waals surface area contributed by atoms with Gasteiger partial charge in [0.15, 0.2) is 5.70 Å². The Morgan fingerprint density at radius 2 is 1.77 bits per heavy atom. The highest BCUT2D eigenvalue weighted by molar-refractivity contribution is 6.13. The minimum Gasteiger partial charge on any atom is -0.402 e. The number of cyclic esters (lactones) is 1. The Hall–Kier alpha value is -2.75. The molecule has 2 aromatic carbocycles. The summed E-state index contributed by atoms with van der Waals surface area (Å²) in [6, 6.07) is 12.0. The zero-order chi connectivity index (χ0) is 15.7. The van der Waals surface area contributed by atoms with E-state index >= 15 is 0 Å². The lowest BCUT2D eigenvalue weighted by Gasteiger charge is -2.03. The molecule has 1 heterocycles. The molecule has 0 amide bonds. The summed E-state index contributed by atoms with van der Waals surface area (Å²) in [4.78, 5) is 16.1. The minimum atomic E-state index is -0.572. The number of aliphatic imine (C=N–C) groups is 1. The quantitative estimate of drug-likeness (QED) is 0.624. The Bertz CT molecular complexity index is 801. The summed E-state index contributed by atoms with van der Waals surface area (Å²) in [6.45, 7) is 3.92. The molecule has 0 saturated carbocycles. The third-order valence-corrected chi connectivity index (χ3v) is 3.29. The van der Waals surface area contributed by atoms with Crippen molar-refractivity contribution in [1.29, 1.82) is 0 Å². The van der Waals surface area contributed by atoms with Gasteiger partial charge in [0.25, 0.3) is 0 Å². The van der Waals surface area contributed by atoms with Crippen LogP contribution < -0.4 is 0 Å². The molecule has 0 radical (unpaired) electrons. The first-order chi connectivity index (χ1) is 10.5. The lowest BCUT2D eigenvalue weighted by atomic mass is 10.1. The Kier molecular flexibility index (Phi) is 3.59. The smallest absolute Gasteiger partial charge is 0.363 e. The molecule has 0 bridgehead atoms. The molecular formula is C18H14FNO2. The predicted octanol–water partition coefficient (Wildman–Crippen LogP) is 3.79. The van der Waals surface area contributed by atoms with Crippen molar-refractivity contribution < 1.29 is 13.9 Å². The van der Waals surface area contributed by atoms with E-state index in [4.69, 9.17) is 4.74 Å². The molecule has 0 aliphatic carbocycles. The van der Waals surface area contributed by atoms with Gasteiger partial charge in [-0.15, -0.1) is 0 Å². The largest absolute Gasteiger partial charge is 0.402 e. The highest BCUT2D eigenvalue weighted by Crippen LogP contribution is 2.21. The molecule has 22 heavy (non-hydrogen) atoms. The van der Waals surface area contributed by atoms with E-state index in [0.717, 1.165) is 16.7 Å². The number of hydrogen-bond acceptors (Lipinski definition) is 3.